The van der Waals surface area contributed by atoms with Gasteiger partial charge < -0.3 is 15.1 Å². The van der Waals surface area contributed by atoms with Gasteiger partial charge in [0.25, 0.3) is 5.91 Å². The first kappa shape index (κ1) is 19.8. The van der Waals surface area contributed by atoms with Crippen LogP contribution in [0.25, 0.3) is 0 Å². The van der Waals surface area contributed by atoms with E-state index >= 15 is 0 Å². The van der Waals surface area contributed by atoms with Crippen LogP contribution < -0.4 is 5.32 Å². The number of piperazine rings is 1. The van der Waals surface area contributed by atoms with E-state index < -0.39 is 11.7 Å². The van der Waals surface area contributed by atoms with Crippen LogP contribution in [-0.2, 0) is 9.59 Å². The molecule has 27 heavy (non-hydrogen) atoms. The number of amides is 3. The fraction of sp³-hybridized carbons (Fsp3) is 0.526. The van der Waals surface area contributed by atoms with Crippen LogP contribution in [0.1, 0.15) is 36.0 Å². The van der Waals surface area contributed by atoms with Crippen molar-refractivity contribution in [2.45, 2.75) is 25.7 Å². The normalized spacial score (nSPS) is 17.4. The summed E-state index contributed by atoms with van der Waals surface area (Å²) < 4.78 is 13.8. The first-order chi connectivity index (χ1) is 13.0. The Hall–Kier alpha value is -1.96. The Bertz CT molecular complexity index is 731. The van der Waals surface area contributed by atoms with Crippen molar-refractivity contribution in [3.05, 3.63) is 34.1 Å². The maximum Gasteiger partial charge on any atom is 0.252 e. The van der Waals surface area contributed by atoms with E-state index in [2.05, 4.69) is 21.2 Å². The van der Waals surface area contributed by atoms with Gasteiger partial charge in [-0.15, -0.1) is 0 Å². The van der Waals surface area contributed by atoms with Crippen molar-refractivity contribution < 1.29 is 18.8 Å². The van der Waals surface area contributed by atoms with Gasteiger partial charge in [0.05, 0.1) is 5.56 Å². The second-order valence-corrected chi connectivity index (χ2v) is 7.82. The van der Waals surface area contributed by atoms with E-state index in [0.717, 1.165) is 25.3 Å². The minimum Gasteiger partial charge on any atom is -0.351 e. The summed E-state index contributed by atoms with van der Waals surface area (Å²) in [4.78, 5) is 40.3. The van der Waals surface area contributed by atoms with E-state index in [4.69, 9.17) is 0 Å². The van der Waals surface area contributed by atoms with Gasteiger partial charge >= 0.3 is 0 Å². The summed E-state index contributed by atoms with van der Waals surface area (Å²) in [5.74, 6) is -0.561. The zero-order valence-electron chi connectivity index (χ0n) is 15.0. The quantitative estimate of drug-likeness (QED) is 0.764. The molecule has 146 valence electrons. The fourth-order valence-electron chi connectivity index (χ4n) is 3.30. The van der Waals surface area contributed by atoms with E-state index in [-0.39, 0.29) is 36.3 Å². The van der Waals surface area contributed by atoms with Crippen molar-refractivity contribution in [3.8, 4) is 0 Å². The van der Waals surface area contributed by atoms with Crippen LogP contribution in [0.5, 0.6) is 0 Å². The third-order valence-electron chi connectivity index (χ3n) is 5.20. The molecule has 0 bridgehead atoms. The Morgan fingerprint density at radius 3 is 2.41 bits per heavy atom. The number of nitrogens with zero attached hydrogens (tertiary/aromatic N) is 2. The number of benzene rings is 1. The van der Waals surface area contributed by atoms with Crippen molar-refractivity contribution >= 4 is 33.7 Å². The Labute approximate surface area is 166 Å². The Morgan fingerprint density at radius 1 is 1.11 bits per heavy atom. The van der Waals surface area contributed by atoms with Gasteiger partial charge in [-0.3, -0.25) is 14.4 Å². The third kappa shape index (κ3) is 4.86. The lowest BCUT2D eigenvalue weighted by Crippen LogP contribution is -2.52. The van der Waals surface area contributed by atoms with Gasteiger partial charge in [-0.05, 0) is 47.0 Å². The Morgan fingerprint density at radius 2 is 1.78 bits per heavy atom. The fourth-order valence-corrected chi connectivity index (χ4v) is 3.72. The summed E-state index contributed by atoms with van der Waals surface area (Å²) in [5.41, 5.74) is 0.200. The lowest BCUT2D eigenvalue weighted by Gasteiger charge is -2.38. The molecule has 1 heterocycles. The highest BCUT2D eigenvalue weighted by Gasteiger charge is 2.31. The minimum atomic E-state index is -0.492. The highest BCUT2D eigenvalue weighted by molar-refractivity contribution is 9.10. The number of nitrogens with one attached hydrogen (secondary N) is 1. The minimum absolute atomic E-state index is 0.0515. The van der Waals surface area contributed by atoms with Gasteiger partial charge in [0.15, 0.2) is 0 Å². The zero-order chi connectivity index (χ0) is 19.4. The van der Waals surface area contributed by atoms with Crippen molar-refractivity contribution in [1.29, 1.82) is 0 Å². The number of carbonyl (C=O) groups excluding carboxylic acids is 3. The average molecular weight is 440 g/mol. The molecule has 3 amide bonds. The highest BCUT2D eigenvalue weighted by atomic mass is 79.9. The molecule has 1 aliphatic carbocycles. The third-order valence-corrected chi connectivity index (χ3v) is 5.89. The van der Waals surface area contributed by atoms with E-state index in [1.807, 2.05) is 4.90 Å². The lowest BCUT2D eigenvalue weighted by atomic mass is 9.84. The molecule has 0 unspecified atom stereocenters. The molecule has 1 aliphatic heterocycles. The van der Waals surface area contributed by atoms with Crippen LogP contribution in [0.4, 0.5) is 4.39 Å². The van der Waals surface area contributed by atoms with Gasteiger partial charge in [-0.2, -0.15) is 0 Å². The zero-order valence-corrected chi connectivity index (χ0v) is 16.6. The number of rotatable bonds is 5. The predicted molar refractivity (Wildman–Crippen MR) is 102 cm³/mol. The molecule has 1 saturated heterocycles. The van der Waals surface area contributed by atoms with Crippen LogP contribution in [0.15, 0.2) is 22.7 Å². The lowest BCUT2D eigenvalue weighted by molar-refractivity contribution is -0.143. The maximum atomic E-state index is 13.3. The topological polar surface area (TPSA) is 69.7 Å². The molecule has 1 N–H and O–H groups in total. The number of hydrogen-bond donors (Lipinski definition) is 1. The van der Waals surface area contributed by atoms with Gasteiger partial charge in [0.1, 0.15) is 5.82 Å². The first-order valence-electron chi connectivity index (χ1n) is 9.25. The molecule has 0 spiro atoms. The predicted octanol–water partition coefficient (Wildman–Crippen LogP) is 2.18. The van der Waals surface area contributed by atoms with Gasteiger partial charge in [-0.1, -0.05) is 6.42 Å². The van der Waals surface area contributed by atoms with Crippen molar-refractivity contribution in [2.75, 3.05) is 32.7 Å². The van der Waals surface area contributed by atoms with Gasteiger partial charge in [0, 0.05) is 49.5 Å². The van der Waals surface area contributed by atoms with Crippen LogP contribution in [0.3, 0.4) is 0 Å². The molecule has 1 saturated carbocycles. The van der Waals surface area contributed by atoms with E-state index in [1.54, 1.807) is 4.90 Å². The number of halogens is 2. The molecule has 0 aromatic heterocycles. The monoisotopic (exact) mass is 439 g/mol. The molecule has 0 radical (unpaired) electrons. The first-order valence-corrected chi connectivity index (χ1v) is 10.0. The second kappa shape index (κ2) is 8.82. The molecule has 6 nitrogen and oxygen atoms in total. The molecule has 1 aromatic carbocycles. The Balaban J connectivity index is 1.40. The van der Waals surface area contributed by atoms with Crippen molar-refractivity contribution in [1.82, 2.24) is 15.1 Å². The number of carbonyl (C=O) groups is 3. The van der Waals surface area contributed by atoms with Crippen molar-refractivity contribution in [2.24, 2.45) is 5.92 Å². The van der Waals surface area contributed by atoms with E-state index in [1.165, 1.54) is 12.1 Å². The second-order valence-electron chi connectivity index (χ2n) is 6.96. The standard InChI is InChI=1S/C19H23BrFN3O3/c20-16-5-4-14(21)12-15(16)18(26)22-7-6-17(25)23-8-10-24(11-9-23)19(27)13-2-1-3-13/h4-5,12-13H,1-3,6-11H2,(H,22,26). The van der Waals surface area contributed by atoms with Crippen LogP contribution in [0, 0.1) is 11.7 Å². The van der Waals surface area contributed by atoms with Crippen LogP contribution in [-0.4, -0.2) is 60.2 Å². The average Bonchev–Trinajstić information content (AvgIpc) is 2.62. The molecule has 2 aliphatic rings. The van der Waals surface area contributed by atoms with E-state index in [9.17, 15) is 18.8 Å². The SMILES string of the molecule is O=C(NCCC(=O)N1CCN(C(=O)C2CCC2)CC1)c1cc(F)ccc1Br. The molecular weight excluding hydrogens is 417 g/mol. The maximum absolute atomic E-state index is 13.3. The highest BCUT2D eigenvalue weighted by Crippen LogP contribution is 2.28. The number of hydrogen-bond acceptors (Lipinski definition) is 3. The van der Waals surface area contributed by atoms with Gasteiger partial charge in [-0.25, -0.2) is 4.39 Å². The summed E-state index contributed by atoms with van der Waals surface area (Å²) >= 11 is 3.22. The summed E-state index contributed by atoms with van der Waals surface area (Å²) in [7, 11) is 0. The summed E-state index contributed by atoms with van der Waals surface area (Å²) in [6.45, 7) is 2.39. The smallest absolute Gasteiger partial charge is 0.252 e. The summed E-state index contributed by atoms with van der Waals surface area (Å²) in [6, 6.07) is 3.89. The van der Waals surface area contributed by atoms with Gasteiger partial charge in [0.2, 0.25) is 11.8 Å². The summed E-state index contributed by atoms with van der Waals surface area (Å²) in [6.07, 6.45) is 3.28. The molecule has 3 rings (SSSR count). The largest absolute Gasteiger partial charge is 0.351 e. The van der Waals surface area contributed by atoms with Crippen LogP contribution >= 0.6 is 15.9 Å². The van der Waals surface area contributed by atoms with Crippen molar-refractivity contribution in [3.63, 3.8) is 0 Å². The van der Waals surface area contributed by atoms with Crippen LogP contribution in [0.2, 0.25) is 0 Å². The molecule has 2 fully saturated rings. The van der Waals surface area contributed by atoms with E-state index in [0.29, 0.717) is 30.7 Å². The summed E-state index contributed by atoms with van der Waals surface area (Å²) in [5, 5.41) is 2.65. The molecule has 0 atom stereocenters. The molecule has 1 aromatic rings. The molecule has 8 heteroatoms. The Kier molecular flexibility index (Phi) is 6.46. The molecular formula is C19H23BrFN3O3.